The van der Waals surface area contributed by atoms with Gasteiger partial charge >= 0.3 is 0 Å². The number of ether oxygens (including phenoxy) is 1. The van der Waals surface area contributed by atoms with E-state index < -0.39 is 0 Å². The molecule has 0 bridgehead atoms. The fraction of sp³-hybridized carbons (Fsp3) is 0.667. The summed E-state index contributed by atoms with van der Waals surface area (Å²) in [5.74, 6) is 2.79. The van der Waals surface area contributed by atoms with Crippen LogP contribution in [0.3, 0.4) is 0 Å². The molecule has 1 saturated heterocycles. The molecule has 0 saturated carbocycles. The molecule has 30 heavy (non-hydrogen) atoms. The summed E-state index contributed by atoms with van der Waals surface area (Å²) in [7, 11) is 2.10. The highest BCUT2D eigenvalue weighted by molar-refractivity contribution is 7.11. The minimum Gasteiger partial charge on any atom is -0.474 e. The highest BCUT2D eigenvalue weighted by Crippen LogP contribution is 2.30. The third-order valence-electron chi connectivity index (χ3n) is 6.48. The van der Waals surface area contributed by atoms with Crippen molar-refractivity contribution in [2.24, 2.45) is 4.99 Å². The second-order valence-corrected chi connectivity index (χ2v) is 10.1. The maximum Gasteiger partial charge on any atom is 0.196 e. The highest BCUT2D eigenvalue weighted by Gasteiger charge is 2.38. The number of thiazole rings is 1. The minimum absolute atomic E-state index is 0.269. The molecule has 0 amide bonds. The van der Waals surface area contributed by atoms with Crippen molar-refractivity contribution in [1.29, 1.82) is 0 Å². The quantitative estimate of drug-likeness (QED) is 0.693. The number of nitrogens with zero attached hydrogens (tertiary/aromatic N) is 6. The molecule has 0 spiro atoms. The van der Waals surface area contributed by atoms with Crippen molar-refractivity contribution in [3.8, 4) is 0 Å². The monoisotopic (exact) mass is 428 g/mol. The maximum absolute atomic E-state index is 5.93. The van der Waals surface area contributed by atoms with Gasteiger partial charge in [-0.2, -0.15) is 0 Å². The summed E-state index contributed by atoms with van der Waals surface area (Å²) in [5.41, 5.74) is 2.39. The van der Waals surface area contributed by atoms with Crippen LogP contribution < -0.4 is 0 Å². The molecule has 2 aromatic rings. The SMILES string of the molecule is CC1=NC2CN(CCc3nc4c(s3)CN(CCc3nc5c(o3)CN(C)C5)C4)CC2O1. The van der Waals surface area contributed by atoms with Crippen molar-refractivity contribution in [2.45, 2.75) is 58.1 Å². The Labute approximate surface area is 180 Å². The Kier molecular flexibility index (Phi) is 4.67. The van der Waals surface area contributed by atoms with Gasteiger partial charge in [0, 0.05) is 70.5 Å². The number of aliphatic imine (C=N–C) groups is 1. The summed E-state index contributed by atoms with van der Waals surface area (Å²) in [4.78, 5) is 22.8. The second-order valence-electron chi connectivity index (χ2n) is 8.97. The average molecular weight is 429 g/mol. The van der Waals surface area contributed by atoms with Crippen molar-refractivity contribution in [2.75, 3.05) is 33.2 Å². The largest absolute Gasteiger partial charge is 0.474 e. The standard InChI is InChI=1S/C21H28N6O2S/c1-13-22-15-8-26(11-18(15)28-13)6-4-21-24-16-9-27(12-19(16)30-21)5-3-20-23-14-7-25(2)10-17(14)29-20/h15,18H,3-12H2,1-2H3. The third kappa shape index (κ3) is 3.57. The first kappa shape index (κ1) is 18.9. The van der Waals surface area contributed by atoms with Gasteiger partial charge in [-0.25, -0.2) is 15.0 Å². The predicted molar refractivity (Wildman–Crippen MR) is 114 cm³/mol. The molecule has 0 N–H and O–H groups in total. The topological polar surface area (TPSA) is 70.2 Å². The van der Waals surface area contributed by atoms with Crippen molar-refractivity contribution >= 4 is 17.2 Å². The van der Waals surface area contributed by atoms with E-state index in [1.54, 1.807) is 0 Å². The second kappa shape index (κ2) is 7.40. The number of hydrogen-bond donors (Lipinski definition) is 0. The van der Waals surface area contributed by atoms with Crippen LogP contribution in [-0.2, 0) is 43.8 Å². The molecule has 2 unspecified atom stereocenters. The van der Waals surface area contributed by atoms with Crippen LogP contribution in [0.4, 0.5) is 0 Å². The smallest absolute Gasteiger partial charge is 0.196 e. The molecule has 6 heterocycles. The molecule has 0 aliphatic carbocycles. The van der Waals surface area contributed by atoms with Crippen LogP contribution in [0.15, 0.2) is 9.41 Å². The number of hydrogen-bond acceptors (Lipinski definition) is 9. The zero-order chi connectivity index (χ0) is 20.2. The lowest BCUT2D eigenvalue weighted by Gasteiger charge is -2.15. The average Bonchev–Trinajstić information content (AvgIpc) is 3.46. The summed E-state index contributed by atoms with van der Waals surface area (Å²) >= 11 is 1.89. The van der Waals surface area contributed by atoms with E-state index in [1.165, 1.54) is 15.6 Å². The number of aromatic nitrogens is 2. The molecular formula is C21H28N6O2S. The lowest BCUT2D eigenvalue weighted by molar-refractivity contribution is 0.200. The lowest BCUT2D eigenvalue weighted by atomic mass is 10.2. The molecule has 6 rings (SSSR count). The minimum atomic E-state index is 0.269. The summed E-state index contributed by atoms with van der Waals surface area (Å²) in [5, 5.41) is 1.27. The Morgan fingerprint density at radius 3 is 2.73 bits per heavy atom. The fourth-order valence-electron chi connectivity index (χ4n) is 5.01. The van der Waals surface area contributed by atoms with Crippen LogP contribution >= 0.6 is 11.3 Å². The van der Waals surface area contributed by atoms with Gasteiger partial charge < -0.3 is 9.15 Å². The Morgan fingerprint density at radius 2 is 1.90 bits per heavy atom. The van der Waals surface area contributed by atoms with E-state index >= 15 is 0 Å². The van der Waals surface area contributed by atoms with Crippen molar-refractivity contribution in [3.63, 3.8) is 0 Å². The first-order chi connectivity index (χ1) is 14.6. The molecule has 1 fully saturated rings. The molecule has 0 radical (unpaired) electrons. The molecule has 0 aromatic carbocycles. The Bertz CT molecular complexity index is 937. The van der Waals surface area contributed by atoms with E-state index in [1.807, 2.05) is 18.3 Å². The first-order valence-corrected chi connectivity index (χ1v) is 11.7. The van der Waals surface area contributed by atoms with E-state index in [4.69, 9.17) is 14.1 Å². The third-order valence-corrected chi connectivity index (χ3v) is 7.63. The number of fused-ring (bicyclic) bond motifs is 3. The van der Waals surface area contributed by atoms with Gasteiger partial charge in [0.15, 0.2) is 11.8 Å². The van der Waals surface area contributed by atoms with E-state index in [0.717, 1.165) is 88.4 Å². The zero-order valence-electron chi connectivity index (χ0n) is 17.6. The molecule has 8 nitrogen and oxygen atoms in total. The van der Waals surface area contributed by atoms with Crippen molar-refractivity contribution in [3.05, 3.63) is 32.9 Å². The summed E-state index contributed by atoms with van der Waals surface area (Å²) in [6.07, 6.45) is 2.17. The molecular weight excluding hydrogens is 400 g/mol. The molecule has 4 aliphatic rings. The van der Waals surface area contributed by atoms with Gasteiger partial charge in [0.05, 0.1) is 22.9 Å². The van der Waals surface area contributed by atoms with Gasteiger partial charge in [0.1, 0.15) is 17.9 Å². The summed E-state index contributed by atoms with van der Waals surface area (Å²) in [6.45, 7) is 9.73. The number of rotatable bonds is 6. The molecule has 2 atom stereocenters. The van der Waals surface area contributed by atoms with E-state index in [2.05, 4.69) is 31.7 Å². The molecule has 4 aliphatic heterocycles. The highest BCUT2D eigenvalue weighted by atomic mass is 32.1. The fourth-order valence-corrected chi connectivity index (χ4v) is 6.12. The zero-order valence-corrected chi connectivity index (χ0v) is 18.5. The van der Waals surface area contributed by atoms with Gasteiger partial charge in [-0.05, 0) is 7.05 Å². The Hall–Kier alpha value is -1.81. The van der Waals surface area contributed by atoms with Gasteiger partial charge in [-0.15, -0.1) is 11.3 Å². The molecule has 2 aromatic heterocycles. The number of likely N-dealkylation sites (tertiary alicyclic amines) is 1. The van der Waals surface area contributed by atoms with E-state index in [-0.39, 0.29) is 6.10 Å². The van der Waals surface area contributed by atoms with Crippen LogP contribution in [0, 0.1) is 0 Å². The van der Waals surface area contributed by atoms with Gasteiger partial charge in [-0.3, -0.25) is 14.7 Å². The molecule has 160 valence electrons. The van der Waals surface area contributed by atoms with E-state index in [0.29, 0.717) is 6.04 Å². The van der Waals surface area contributed by atoms with Gasteiger partial charge in [0.2, 0.25) is 0 Å². The molecule has 9 heteroatoms. The Morgan fingerprint density at radius 1 is 1.00 bits per heavy atom. The maximum atomic E-state index is 5.93. The van der Waals surface area contributed by atoms with E-state index in [9.17, 15) is 0 Å². The van der Waals surface area contributed by atoms with Gasteiger partial charge in [-0.1, -0.05) is 0 Å². The lowest BCUT2D eigenvalue weighted by Crippen LogP contribution is -2.26. The van der Waals surface area contributed by atoms with Crippen LogP contribution in [0.1, 0.15) is 39.8 Å². The predicted octanol–water partition coefficient (Wildman–Crippen LogP) is 1.68. The first-order valence-electron chi connectivity index (χ1n) is 10.9. The normalized spacial score (nSPS) is 26.1. The van der Waals surface area contributed by atoms with Crippen LogP contribution in [0.5, 0.6) is 0 Å². The summed E-state index contributed by atoms with van der Waals surface area (Å²) in [6, 6.07) is 0.339. The van der Waals surface area contributed by atoms with Crippen LogP contribution in [0.2, 0.25) is 0 Å². The number of oxazole rings is 1. The van der Waals surface area contributed by atoms with Gasteiger partial charge in [0.25, 0.3) is 0 Å². The Balaban J connectivity index is 0.974. The van der Waals surface area contributed by atoms with Crippen LogP contribution in [0.25, 0.3) is 0 Å². The van der Waals surface area contributed by atoms with Crippen molar-refractivity contribution < 1.29 is 9.15 Å². The van der Waals surface area contributed by atoms with Crippen LogP contribution in [-0.4, -0.2) is 75.9 Å². The van der Waals surface area contributed by atoms with Crippen molar-refractivity contribution in [1.82, 2.24) is 24.7 Å². The summed E-state index contributed by atoms with van der Waals surface area (Å²) < 4.78 is 11.7.